The SMILES string of the molecule is CCNC(=NCC(=O)NC(C)(C)C)NCCc1ccc(OC)c(OC)c1.I. The number of methoxy groups -OCH3 is 2. The minimum Gasteiger partial charge on any atom is -0.493 e. The number of carbonyl (C=O) groups excluding carboxylic acids is 1. The molecule has 1 aromatic carbocycles. The van der Waals surface area contributed by atoms with Crippen molar-refractivity contribution in [1.29, 1.82) is 0 Å². The second-order valence-electron chi connectivity index (χ2n) is 6.86. The molecule has 0 aliphatic heterocycles. The molecule has 0 aromatic heterocycles. The normalized spacial score (nSPS) is 11.3. The third-order valence-electron chi connectivity index (χ3n) is 3.39. The third-order valence-corrected chi connectivity index (χ3v) is 3.39. The van der Waals surface area contributed by atoms with Crippen molar-refractivity contribution in [3.05, 3.63) is 23.8 Å². The molecule has 0 heterocycles. The average molecular weight is 492 g/mol. The van der Waals surface area contributed by atoms with Gasteiger partial charge in [-0.1, -0.05) is 6.07 Å². The van der Waals surface area contributed by atoms with E-state index in [2.05, 4.69) is 20.9 Å². The number of hydrogen-bond donors (Lipinski definition) is 3. The number of carbonyl (C=O) groups is 1. The van der Waals surface area contributed by atoms with Crippen LogP contribution in [-0.4, -0.2) is 51.3 Å². The summed E-state index contributed by atoms with van der Waals surface area (Å²) in [5, 5.41) is 9.28. The van der Waals surface area contributed by atoms with E-state index in [1.54, 1.807) is 14.2 Å². The molecule has 27 heavy (non-hydrogen) atoms. The number of nitrogens with zero attached hydrogens (tertiary/aromatic N) is 1. The zero-order valence-corrected chi connectivity index (χ0v) is 19.5. The lowest BCUT2D eigenvalue weighted by Crippen LogP contribution is -2.43. The molecule has 3 N–H and O–H groups in total. The van der Waals surface area contributed by atoms with Crippen molar-refractivity contribution >= 4 is 35.8 Å². The van der Waals surface area contributed by atoms with Crippen LogP contribution in [0.3, 0.4) is 0 Å². The van der Waals surface area contributed by atoms with Gasteiger partial charge in [-0.3, -0.25) is 4.79 Å². The van der Waals surface area contributed by atoms with Crippen molar-refractivity contribution < 1.29 is 14.3 Å². The summed E-state index contributed by atoms with van der Waals surface area (Å²) in [6, 6.07) is 5.86. The third kappa shape index (κ3) is 10.3. The van der Waals surface area contributed by atoms with Gasteiger partial charge in [0.05, 0.1) is 14.2 Å². The van der Waals surface area contributed by atoms with Crippen LogP contribution in [0.4, 0.5) is 0 Å². The van der Waals surface area contributed by atoms with Gasteiger partial charge in [0.15, 0.2) is 17.5 Å². The Morgan fingerprint density at radius 2 is 1.78 bits per heavy atom. The Bertz CT molecular complexity index is 615. The van der Waals surface area contributed by atoms with Gasteiger partial charge in [0.2, 0.25) is 5.91 Å². The van der Waals surface area contributed by atoms with Crippen molar-refractivity contribution in [3.8, 4) is 11.5 Å². The van der Waals surface area contributed by atoms with Crippen LogP contribution in [0.2, 0.25) is 0 Å². The fraction of sp³-hybridized carbons (Fsp3) is 0.579. The van der Waals surface area contributed by atoms with Crippen molar-refractivity contribution in [2.24, 2.45) is 4.99 Å². The molecule has 8 heteroatoms. The van der Waals surface area contributed by atoms with E-state index in [0.29, 0.717) is 24.0 Å². The number of halogens is 1. The van der Waals surface area contributed by atoms with Crippen LogP contribution in [0.5, 0.6) is 11.5 Å². The Balaban J connectivity index is 0.00000676. The van der Waals surface area contributed by atoms with E-state index in [9.17, 15) is 4.79 Å². The molecule has 0 spiro atoms. The number of nitrogens with one attached hydrogen (secondary N) is 3. The molecule has 0 atom stereocenters. The minimum absolute atomic E-state index is 0. The second-order valence-corrected chi connectivity index (χ2v) is 6.86. The van der Waals surface area contributed by atoms with Crippen LogP contribution in [0.25, 0.3) is 0 Å². The lowest BCUT2D eigenvalue weighted by Gasteiger charge is -2.20. The van der Waals surface area contributed by atoms with Crippen LogP contribution in [-0.2, 0) is 11.2 Å². The van der Waals surface area contributed by atoms with Crippen LogP contribution in [0, 0.1) is 0 Å². The molecular formula is C19H33IN4O3. The second kappa shape index (κ2) is 12.6. The maximum atomic E-state index is 11.9. The van der Waals surface area contributed by atoms with E-state index in [1.807, 2.05) is 45.9 Å². The Morgan fingerprint density at radius 1 is 1.11 bits per heavy atom. The first-order valence-corrected chi connectivity index (χ1v) is 8.83. The number of aliphatic imine (C=N–C) groups is 1. The monoisotopic (exact) mass is 492 g/mol. The molecule has 0 saturated carbocycles. The van der Waals surface area contributed by atoms with E-state index in [1.165, 1.54) is 0 Å². The Labute approximate surface area is 179 Å². The summed E-state index contributed by atoms with van der Waals surface area (Å²) in [6.45, 7) is 9.32. The fourth-order valence-corrected chi connectivity index (χ4v) is 2.31. The first-order chi connectivity index (χ1) is 12.3. The standard InChI is InChI=1S/C19H32N4O3.HI/c1-7-20-18(22-13-17(24)23-19(2,3)4)21-11-10-14-8-9-15(25-5)16(12-14)26-6;/h8-9,12H,7,10-11,13H2,1-6H3,(H,23,24)(H2,20,21,22);1H. The summed E-state index contributed by atoms with van der Waals surface area (Å²) in [6.07, 6.45) is 0.791. The van der Waals surface area contributed by atoms with Gasteiger partial charge in [-0.2, -0.15) is 0 Å². The van der Waals surface area contributed by atoms with Crippen LogP contribution < -0.4 is 25.4 Å². The fourth-order valence-electron chi connectivity index (χ4n) is 2.31. The molecule has 1 rings (SSSR count). The van der Waals surface area contributed by atoms with Gasteiger partial charge < -0.3 is 25.4 Å². The molecule has 1 amide bonds. The van der Waals surface area contributed by atoms with E-state index in [4.69, 9.17) is 9.47 Å². The van der Waals surface area contributed by atoms with Crippen molar-refractivity contribution in [3.63, 3.8) is 0 Å². The summed E-state index contributed by atoms with van der Waals surface area (Å²) < 4.78 is 10.6. The number of guanidine groups is 1. The molecule has 0 aliphatic rings. The van der Waals surface area contributed by atoms with Crippen LogP contribution in [0.15, 0.2) is 23.2 Å². The summed E-state index contributed by atoms with van der Waals surface area (Å²) >= 11 is 0. The molecular weight excluding hydrogens is 459 g/mol. The predicted molar refractivity (Wildman–Crippen MR) is 121 cm³/mol. The van der Waals surface area contributed by atoms with E-state index in [-0.39, 0.29) is 42.0 Å². The molecule has 0 bridgehead atoms. The zero-order chi connectivity index (χ0) is 19.6. The highest BCUT2D eigenvalue weighted by Gasteiger charge is 2.13. The highest BCUT2D eigenvalue weighted by Crippen LogP contribution is 2.27. The van der Waals surface area contributed by atoms with Gasteiger partial charge >= 0.3 is 0 Å². The molecule has 1 aromatic rings. The Kier molecular flexibility index (Phi) is 11.8. The molecule has 154 valence electrons. The van der Waals surface area contributed by atoms with E-state index in [0.717, 1.165) is 18.5 Å². The predicted octanol–water partition coefficient (Wildman–Crippen LogP) is 2.33. The number of hydrogen-bond acceptors (Lipinski definition) is 4. The average Bonchev–Trinajstić information content (AvgIpc) is 2.58. The summed E-state index contributed by atoms with van der Waals surface area (Å²) in [5.74, 6) is 1.94. The van der Waals surface area contributed by atoms with Gasteiger partial charge in [0.25, 0.3) is 0 Å². The quantitative estimate of drug-likeness (QED) is 0.295. The Morgan fingerprint density at radius 3 is 2.33 bits per heavy atom. The molecule has 0 aliphatic carbocycles. The first-order valence-electron chi connectivity index (χ1n) is 8.83. The molecule has 0 saturated heterocycles. The highest BCUT2D eigenvalue weighted by molar-refractivity contribution is 14.0. The number of ether oxygens (including phenoxy) is 2. The van der Waals surface area contributed by atoms with E-state index < -0.39 is 0 Å². The van der Waals surface area contributed by atoms with Crippen molar-refractivity contribution in [2.45, 2.75) is 39.7 Å². The summed E-state index contributed by atoms with van der Waals surface area (Å²) in [5.41, 5.74) is 0.864. The van der Waals surface area contributed by atoms with Crippen molar-refractivity contribution in [2.75, 3.05) is 33.9 Å². The molecule has 7 nitrogen and oxygen atoms in total. The summed E-state index contributed by atoms with van der Waals surface area (Å²) in [7, 11) is 3.24. The molecule has 0 fully saturated rings. The maximum absolute atomic E-state index is 11.9. The van der Waals surface area contributed by atoms with Gasteiger partial charge in [0, 0.05) is 18.6 Å². The van der Waals surface area contributed by atoms with Gasteiger partial charge in [0.1, 0.15) is 6.54 Å². The van der Waals surface area contributed by atoms with Crippen molar-refractivity contribution in [1.82, 2.24) is 16.0 Å². The number of amides is 1. The lowest BCUT2D eigenvalue weighted by atomic mass is 10.1. The van der Waals surface area contributed by atoms with Gasteiger partial charge in [-0.25, -0.2) is 4.99 Å². The number of rotatable bonds is 8. The van der Waals surface area contributed by atoms with E-state index >= 15 is 0 Å². The topological polar surface area (TPSA) is 84.0 Å². The lowest BCUT2D eigenvalue weighted by molar-refractivity contribution is -0.121. The van der Waals surface area contributed by atoms with Gasteiger partial charge in [-0.15, -0.1) is 24.0 Å². The Hall–Kier alpha value is -1.71. The van der Waals surface area contributed by atoms with Crippen LogP contribution in [0.1, 0.15) is 33.3 Å². The maximum Gasteiger partial charge on any atom is 0.242 e. The van der Waals surface area contributed by atoms with Crippen LogP contribution >= 0.6 is 24.0 Å². The highest BCUT2D eigenvalue weighted by atomic mass is 127. The molecule has 0 radical (unpaired) electrons. The minimum atomic E-state index is -0.258. The smallest absolute Gasteiger partial charge is 0.242 e. The van der Waals surface area contributed by atoms with Gasteiger partial charge in [-0.05, 0) is 51.8 Å². The zero-order valence-electron chi connectivity index (χ0n) is 17.1. The molecule has 0 unspecified atom stereocenters. The number of benzene rings is 1. The first kappa shape index (κ1) is 25.3. The summed E-state index contributed by atoms with van der Waals surface area (Å²) in [4.78, 5) is 16.2. The largest absolute Gasteiger partial charge is 0.493 e.